The number of fused-ring (bicyclic) bond motifs is 1. The maximum atomic E-state index is 12.6. The Morgan fingerprint density at radius 2 is 1.96 bits per heavy atom. The van der Waals surface area contributed by atoms with Gasteiger partial charge in [-0.1, -0.05) is 30.4 Å². The molecular formula is C18H20N2O4. The summed E-state index contributed by atoms with van der Waals surface area (Å²) in [5, 5.41) is 2.77. The minimum absolute atomic E-state index is 0.297. The zero-order valence-electron chi connectivity index (χ0n) is 13.9. The van der Waals surface area contributed by atoms with Gasteiger partial charge in [0.1, 0.15) is 5.54 Å². The first-order chi connectivity index (χ1) is 11.4. The van der Waals surface area contributed by atoms with Gasteiger partial charge in [0.05, 0.1) is 11.4 Å². The highest BCUT2D eigenvalue weighted by Gasteiger charge is 2.43. The number of nitrogens with one attached hydrogen (secondary N) is 1. The SMILES string of the molecule is C/C=C/C=C/C(=O)OCC(=O)N1c2ccccc2NC(=O)C1(C)C. The first-order valence-electron chi connectivity index (χ1n) is 7.57. The zero-order chi connectivity index (χ0) is 17.7. The van der Waals surface area contributed by atoms with Crippen molar-refractivity contribution in [3.8, 4) is 0 Å². The molecule has 1 aromatic carbocycles. The summed E-state index contributed by atoms with van der Waals surface area (Å²) < 4.78 is 4.96. The fourth-order valence-corrected chi connectivity index (χ4v) is 2.39. The van der Waals surface area contributed by atoms with E-state index in [2.05, 4.69) is 5.32 Å². The Morgan fingerprint density at radius 1 is 1.25 bits per heavy atom. The van der Waals surface area contributed by atoms with Crippen molar-refractivity contribution in [2.45, 2.75) is 26.3 Å². The molecule has 126 valence electrons. The van der Waals surface area contributed by atoms with Crippen molar-refractivity contribution in [3.05, 3.63) is 48.6 Å². The van der Waals surface area contributed by atoms with Crippen LogP contribution in [0.15, 0.2) is 48.6 Å². The molecule has 0 atom stereocenters. The molecule has 0 fully saturated rings. The summed E-state index contributed by atoms with van der Waals surface area (Å²) in [7, 11) is 0. The number of carbonyl (C=O) groups is 3. The van der Waals surface area contributed by atoms with Gasteiger partial charge in [-0.25, -0.2) is 4.79 Å². The van der Waals surface area contributed by atoms with E-state index in [1.165, 1.54) is 17.1 Å². The van der Waals surface area contributed by atoms with Crippen molar-refractivity contribution in [2.75, 3.05) is 16.8 Å². The van der Waals surface area contributed by atoms with Gasteiger partial charge >= 0.3 is 5.97 Å². The molecule has 1 N–H and O–H groups in total. The number of amides is 2. The van der Waals surface area contributed by atoms with Gasteiger partial charge in [-0.05, 0) is 32.9 Å². The van der Waals surface area contributed by atoms with Gasteiger partial charge in [-0.3, -0.25) is 14.5 Å². The molecule has 1 aromatic rings. The third kappa shape index (κ3) is 3.53. The first-order valence-corrected chi connectivity index (χ1v) is 7.57. The number of hydrogen-bond acceptors (Lipinski definition) is 4. The standard InChI is InChI=1S/C18H20N2O4/c1-4-5-6-11-16(22)24-12-15(21)20-14-10-8-7-9-13(14)19-17(23)18(20,2)3/h4-11H,12H2,1-3H3,(H,19,23)/b5-4+,11-6+. The number of benzene rings is 1. The van der Waals surface area contributed by atoms with Gasteiger partial charge in [0.25, 0.3) is 5.91 Å². The average Bonchev–Trinajstić information content (AvgIpc) is 2.54. The number of hydrogen-bond donors (Lipinski definition) is 1. The van der Waals surface area contributed by atoms with Gasteiger partial charge in [-0.15, -0.1) is 0 Å². The van der Waals surface area contributed by atoms with Crippen LogP contribution < -0.4 is 10.2 Å². The lowest BCUT2D eigenvalue weighted by atomic mass is 9.96. The van der Waals surface area contributed by atoms with Crippen LogP contribution in [0.5, 0.6) is 0 Å². The molecule has 1 aliphatic heterocycles. The fraction of sp³-hybridized carbons (Fsp3) is 0.278. The van der Waals surface area contributed by atoms with Crippen molar-refractivity contribution >= 4 is 29.2 Å². The predicted molar refractivity (Wildman–Crippen MR) is 91.5 cm³/mol. The van der Waals surface area contributed by atoms with Gasteiger partial charge in [0.15, 0.2) is 6.61 Å². The normalized spacial score (nSPS) is 16.1. The van der Waals surface area contributed by atoms with Crippen LogP contribution in [0, 0.1) is 0 Å². The number of carbonyl (C=O) groups excluding carboxylic acids is 3. The molecule has 0 aliphatic carbocycles. The van der Waals surface area contributed by atoms with Crippen molar-refractivity contribution in [2.24, 2.45) is 0 Å². The topological polar surface area (TPSA) is 75.7 Å². The van der Waals surface area contributed by atoms with Crippen LogP contribution in [-0.2, 0) is 19.1 Å². The van der Waals surface area contributed by atoms with Crippen molar-refractivity contribution in [1.29, 1.82) is 0 Å². The van der Waals surface area contributed by atoms with Crippen LogP contribution in [0.3, 0.4) is 0 Å². The van der Waals surface area contributed by atoms with E-state index in [1.54, 1.807) is 50.3 Å². The first kappa shape index (κ1) is 17.5. The van der Waals surface area contributed by atoms with Crippen LogP contribution >= 0.6 is 0 Å². The number of rotatable bonds is 4. The second-order valence-corrected chi connectivity index (χ2v) is 5.75. The summed E-state index contributed by atoms with van der Waals surface area (Å²) in [6.07, 6.45) is 6.20. The Labute approximate surface area is 140 Å². The van der Waals surface area contributed by atoms with Crippen LogP contribution in [0.4, 0.5) is 11.4 Å². The molecule has 6 nitrogen and oxygen atoms in total. The highest BCUT2D eigenvalue weighted by atomic mass is 16.5. The molecule has 0 saturated carbocycles. The number of para-hydroxylation sites is 2. The van der Waals surface area contributed by atoms with Crippen LogP contribution in [-0.4, -0.2) is 29.9 Å². The minimum Gasteiger partial charge on any atom is -0.452 e. The van der Waals surface area contributed by atoms with Crippen molar-refractivity contribution in [3.63, 3.8) is 0 Å². The largest absolute Gasteiger partial charge is 0.452 e. The summed E-state index contributed by atoms with van der Waals surface area (Å²) in [6.45, 7) is 4.66. The molecule has 1 aliphatic rings. The van der Waals surface area contributed by atoms with E-state index >= 15 is 0 Å². The molecule has 0 bridgehead atoms. The molecule has 0 spiro atoms. The summed E-state index contributed by atoms with van der Waals surface area (Å²) in [5.41, 5.74) is 0.0422. The quantitative estimate of drug-likeness (QED) is 0.523. The number of nitrogens with zero attached hydrogens (tertiary/aromatic N) is 1. The smallest absolute Gasteiger partial charge is 0.331 e. The van der Waals surface area contributed by atoms with Crippen molar-refractivity contribution in [1.82, 2.24) is 0 Å². The van der Waals surface area contributed by atoms with E-state index in [1.807, 2.05) is 6.92 Å². The molecule has 1 heterocycles. The number of anilines is 2. The molecular weight excluding hydrogens is 308 g/mol. The summed E-state index contributed by atoms with van der Waals surface area (Å²) in [4.78, 5) is 37.8. The molecule has 2 rings (SSSR count). The van der Waals surface area contributed by atoms with Gasteiger partial charge in [0.2, 0.25) is 5.91 Å². The highest BCUT2D eigenvalue weighted by molar-refractivity contribution is 6.14. The lowest BCUT2D eigenvalue weighted by Crippen LogP contribution is -2.59. The lowest BCUT2D eigenvalue weighted by molar-refractivity contribution is -0.143. The number of esters is 1. The predicted octanol–water partition coefficient (Wildman–Crippen LogP) is 2.43. The van der Waals surface area contributed by atoms with Crippen LogP contribution in [0.25, 0.3) is 0 Å². The Morgan fingerprint density at radius 3 is 2.67 bits per heavy atom. The average molecular weight is 328 g/mol. The molecule has 0 radical (unpaired) electrons. The van der Waals surface area contributed by atoms with E-state index in [9.17, 15) is 14.4 Å². The van der Waals surface area contributed by atoms with Crippen LogP contribution in [0.1, 0.15) is 20.8 Å². The van der Waals surface area contributed by atoms with Crippen molar-refractivity contribution < 1.29 is 19.1 Å². The lowest BCUT2D eigenvalue weighted by Gasteiger charge is -2.41. The highest BCUT2D eigenvalue weighted by Crippen LogP contribution is 2.36. The van der Waals surface area contributed by atoms with E-state index in [-0.39, 0.29) is 5.91 Å². The molecule has 0 saturated heterocycles. The monoisotopic (exact) mass is 328 g/mol. The fourth-order valence-electron chi connectivity index (χ4n) is 2.39. The summed E-state index contributed by atoms with van der Waals surface area (Å²) >= 11 is 0. The van der Waals surface area contributed by atoms with Crippen LogP contribution in [0.2, 0.25) is 0 Å². The Balaban J connectivity index is 2.18. The summed E-state index contributed by atoms with van der Waals surface area (Å²) in [6, 6.07) is 7.00. The van der Waals surface area contributed by atoms with E-state index in [0.717, 1.165) is 0 Å². The minimum atomic E-state index is -1.08. The maximum absolute atomic E-state index is 12.6. The zero-order valence-corrected chi connectivity index (χ0v) is 13.9. The Bertz CT molecular complexity index is 719. The number of ether oxygens (including phenoxy) is 1. The summed E-state index contributed by atoms with van der Waals surface area (Å²) in [5.74, 6) is -1.38. The van der Waals surface area contributed by atoms with E-state index in [4.69, 9.17) is 4.74 Å². The second-order valence-electron chi connectivity index (χ2n) is 5.75. The molecule has 0 unspecified atom stereocenters. The third-order valence-electron chi connectivity index (χ3n) is 3.63. The second kappa shape index (κ2) is 7.12. The molecule has 6 heteroatoms. The van der Waals surface area contributed by atoms with E-state index in [0.29, 0.717) is 11.4 Å². The maximum Gasteiger partial charge on any atom is 0.331 e. The molecule has 0 aromatic heterocycles. The Hall–Kier alpha value is -2.89. The number of allylic oxidation sites excluding steroid dienone is 3. The molecule has 24 heavy (non-hydrogen) atoms. The van der Waals surface area contributed by atoms with E-state index < -0.39 is 24.0 Å². The Kier molecular flexibility index (Phi) is 5.18. The van der Waals surface area contributed by atoms with Gasteiger partial charge < -0.3 is 10.1 Å². The molecule has 2 amide bonds. The third-order valence-corrected chi connectivity index (χ3v) is 3.63. The van der Waals surface area contributed by atoms with Gasteiger partial charge in [0, 0.05) is 6.08 Å². The van der Waals surface area contributed by atoms with Gasteiger partial charge in [-0.2, -0.15) is 0 Å².